The zero-order valence-corrected chi connectivity index (χ0v) is 13.7. The summed E-state index contributed by atoms with van der Waals surface area (Å²) in [5, 5.41) is 12.1. The Morgan fingerprint density at radius 2 is 1.96 bits per heavy atom. The minimum absolute atomic E-state index is 0.0850. The van der Waals surface area contributed by atoms with Gasteiger partial charge in [-0.15, -0.1) is 0 Å². The normalized spacial score (nSPS) is 16.3. The Hall–Kier alpha value is -2.07. The number of aliphatic hydroxyl groups excluding tert-OH is 1. The van der Waals surface area contributed by atoms with Crippen molar-refractivity contribution in [3.8, 4) is 0 Å². The lowest BCUT2D eigenvalue weighted by atomic mass is 9.97. The molecule has 1 aliphatic heterocycles. The van der Waals surface area contributed by atoms with Crippen molar-refractivity contribution in [2.75, 3.05) is 24.6 Å². The van der Waals surface area contributed by atoms with Crippen LogP contribution in [0.3, 0.4) is 0 Å². The molecule has 1 saturated heterocycles. The predicted octanol–water partition coefficient (Wildman–Crippen LogP) is 2.64. The van der Waals surface area contributed by atoms with Gasteiger partial charge in [-0.2, -0.15) is 0 Å². The Bertz CT molecular complexity index is 541. The summed E-state index contributed by atoms with van der Waals surface area (Å²) in [7, 11) is 0. The van der Waals surface area contributed by atoms with Crippen LogP contribution < -0.4 is 10.2 Å². The molecule has 1 heterocycles. The Morgan fingerprint density at radius 3 is 2.57 bits per heavy atom. The maximum atomic E-state index is 11.6. The summed E-state index contributed by atoms with van der Waals surface area (Å²) in [5.74, 6) is 0.370. The molecular weight excluding hydrogens is 288 g/mol. The van der Waals surface area contributed by atoms with Crippen LogP contribution in [0.2, 0.25) is 0 Å². The number of nitrogens with one attached hydrogen (secondary N) is 1. The molecule has 2 rings (SSSR count). The van der Waals surface area contributed by atoms with Crippen LogP contribution in [-0.2, 0) is 11.3 Å². The number of anilines is 1. The van der Waals surface area contributed by atoms with E-state index in [9.17, 15) is 9.90 Å². The van der Waals surface area contributed by atoms with E-state index >= 15 is 0 Å². The largest absolute Gasteiger partial charge is 0.396 e. The van der Waals surface area contributed by atoms with Gasteiger partial charge in [-0.05, 0) is 43.4 Å². The van der Waals surface area contributed by atoms with Crippen LogP contribution in [0.25, 0.3) is 0 Å². The molecule has 124 valence electrons. The number of rotatable bonds is 6. The van der Waals surface area contributed by atoms with Crippen molar-refractivity contribution in [3.63, 3.8) is 0 Å². The Labute approximate surface area is 138 Å². The summed E-state index contributed by atoms with van der Waals surface area (Å²) in [6.07, 6.45) is 9.06. The maximum Gasteiger partial charge on any atom is 0.244 e. The van der Waals surface area contributed by atoms with Crippen LogP contribution in [0.15, 0.2) is 48.6 Å². The van der Waals surface area contributed by atoms with Crippen LogP contribution >= 0.6 is 0 Å². The molecular formula is C19H26N2O2. The highest BCUT2D eigenvalue weighted by Crippen LogP contribution is 2.23. The van der Waals surface area contributed by atoms with Crippen molar-refractivity contribution in [3.05, 3.63) is 54.1 Å². The summed E-state index contributed by atoms with van der Waals surface area (Å²) in [6.45, 7) is 4.74. The minimum Gasteiger partial charge on any atom is -0.396 e. The third-order valence-corrected chi connectivity index (χ3v) is 4.19. The van der Waals surface area contributed by atoms with Gasteiger partial charge < -0.3 is 15.3 Å². The van der Waals surface area contributed by atoms with Crippen molar-refractivity contribution in [1.29, 1.82) is 0 Å². The Kier molecular flexibility index (Phi) is 6.88. The van der Waals surface area contributed by atoms with Gasteiger partial charge in [0.15, 0.2) is 0 Å². The van der Waals surface area contributed by atoms with Gasteiger partial charge in [0, 0.05) is 38.0 Å². The molecule has 0 aromatic heterocycles. The molecule has 1 amide bonds. The van der Waals surface area contributed by atoms with E-state index in [0.717, 1.165) is 31.5 Å². The van der Waals surface area contributed by atoms with E-state index in [2.05, 4.69) is 34.5 Å². The molecule has 0 unspecified atom stereocenters. The Morgan fingerprint density at radius 1 is 1.26 bits per heavy atom. The second-order valence-electron chi connectivity index (χ2n) is 5.88. The van der Waals surface area contributed by atoms with Gasteiger partial charge >= 0.3 is 0 Å². The highest BCUT2D eigenvalue weighted by atomic mass is 16.3. The van der Waals surface area contributed by atoms with Gasteiger partial charge in [-0.25, -0.2) is 0 Å². The average Bonchev–Trinajstić information content (AvgIpc) is 2.61. The maximum absolute atomic E-state index is 11.6. The minimum atomic E-state index is -0.0850. The van der Waals surface area contributed by atoms with Crippen molar-refractivity contribution in [2.45, 2.75) is 26.3 Å². The number of aliphatic hydroxyl groups is 1. The molecule has 1 aromatic rings. The number of amides is 1. The van der Waals surface area contributed by atoms with E-state index < -0.39 is 0 Å². The summed E-state index contributed by atoms with van der Waals surface area (Å²) in [6, 6.07) is 8.33. The highest BCUT2D eigenvalue weighted by Gasteiger charge is 2.18. The van der Waals surface area contributed by atoms with Crippen LogP contribution in [0.1, 0.15) is 25.3 Å². The quantitative estimate of drug-likeness (QED) is 0.627. The lowest BCUT2D eigenvalue weighted by Gasteiger charge is -2.33. The number of allylic oxidation sites excluding steroid dienone is 3. The Balaban J connectivity index is 1.82. The van der Waals surface area contributed by atoms with Gasteiger partial charge in [-0.3, -0.25) is 4.79 Å². The van der Waals surface area contributed by atoms with Crippen LogP contribution in [-0.4, -0.2) is 30.7 Å². The second-order valence-corrected chi connectivity index (χ2v) is 5.88. The van der Waals surface area contributed by atoms with Gasteiger partial charge in [-0.1, -0.05) is 30.4 Å². The molecule has 4 heteroatoms. The fourth-order valence-electron chi connectivity index (χ4n) is 2.70. The topological polar surface area (TPSA) is 52.6 Å². The van der Waals surface area contributed by atoms with Crippen LogP contribution in [0.5, 0.6) is 0 Å². The zero-order valence-electron chi connectivity index (χ0n) is 13.7. The molecule has 1 fully saturated rings. The van der Waals surface area contributed by atoms with Crippen molar-refractivity contribution in [2.24, 2.45) is 5.92 Å². The number of carbonyl (C=O) groups excluding carboxylic acids is 1. The average molecular weight is 314 g/mol. The number of piperidine rings is 1. The summed E-state index contributed by atoms with van der Waals surface area (Å²) < 4.78 is 0. The first-order valence-corrected chi connectivity index (χ1v) is 8.25. The molecule has 4 nitrogen and oxygen atoms in total. The monoisotopic (exact) mass is 314 g/mol. The first-order chi connectivity index (χ1) is 11.2. The highest BCUT2D eigenvalue weighted by molar-refractivity contribution is 5.87. The molecule has 23 heavy (non-hydrogen) atoms. The van der Waals surface area contributed by atoms with Gasteiger partial charge in [0.25, 0.3) is 0 Å². The molecule has 0 saturated carbocycles. The van der Waals surface area contributed by atoms with Crippen LogP contribution in [0, 0.1) is 5.92 Å². The first kappa shape index (κ1) is 17.3. The number of carbonyl (C=O) groups is 1. The summed E-state index contributed by atoms with van der Waals surface area (Å²) in [4.78, 5) is 14.0. The number of nitrogens with zero attached hydrogens (tertiary/aromatic N) is 1. The molecule has 0 radical (unpaired) electrons. The van der Waals surface area contributed by atoms with Gasteiger partial charge in [0.05, 0.1) is 0 Å². The van der Waals surface area contributed by atoms with Gasteiger partial charge in [0.1, 0.15) is 0 Å². The summed E-state index contributed by atoms with van der Waals surface area (Å²) >= 11 is 0. The smallest absolute Gasteiger partial charge is 0.244 e. The zero-order chi connectivity index (χ0) is 16.5. The number of hydrogen-bond donors (Lipinski definition) is 2. The van der Waals surface area contributed by atoms with E-state index in [4.69, 9.17) is 0 Å². The fourth-order valence-corrected chi connectivity index (χ4v) is 2.70. The second kappa shape index (κ2) is 9.16. The SMILES string of the molecule is CC=CC=CC(=O)NCc1ccc(N2CCC(CO)CC2)cc1. The lowest BCUT2D eigenvalue weighted by Crippen LogP contribution is -2.34. The fraction of sp³-hybridized carbons (Fsp3) is 0.421. The van der Waals surface area contributed by atoms with E-state index in [-0.39, 0.29) is 5.91 Å². The standard InChI is InChI=1S/C19H26N2O2/c1-2-3-4-5-19(23)20-14-16-6-8-18(9-7-16)21-12-10-17(15-22)11-13-21/h2-9,17,22H,10-15H2,1H3,(H,20,23). The van der Waals surface area contributed by atoms with Crippen LogP contribution in [0.4, 0.5) is 5.69 Å². The van der Waals surface area contributed by atoms with E-state index in [1.54, 1.807) is 6.08 Å². The first-order valence-electron chi connectivity index (χ1n) is 8.25. The third kappa shape index (κ3) is 5.57. The molecule has 0 aliphatic carbocycles. The molecule has 0 bridgehead atoms. The third-order valence-electron chi connectivity index (χ3n) is 4.19. The molecule has 1 aromatic carbocycles. The van der Waals surface area contributed by atoms with Crippen molar-refractivity contribution >= 4 is 11.6 Å². The molecule has 2 N–H and O–H groups in total. The number of hydrogen-bond acceptors (Lipinski definition) is 3. The van der Waals surface area contributed by atoms with E-state index in [1.807, 2.05) is 19.1 Å². The van der Waals surface area contributed by atoms with E-state index in [0.29, 0.717) is 19.1 Å². The summed E-state index contributed by atoms with van der Waals surface area (Å²) in [5.41, 5.74) is 2.30. The van der Waals surface area contributed by atoms with E-state index in [1.165, 1.54) is 11.8 Å². The molecule has 1 aliphatic rings. The number of benzene rings is 1. The van der Waals surface area contributed by atoms with Crippen molar-refractivity contribution in [1.82, 2.24) is 5.32 Å². The predicted molar refractivity (Wildman–Crippen MR) is 94.3 cm³/mol. The van der Waals surface area contributed by atoms with Crippen molar-refractivity contribution < 1.29 is 9.90 Å². The van der Waals surface area contributed by atoms with Gasteiger partial charge in [0.2, 0.25) is 5.91 Å². The molecule has 0 spiro atoms. The lowest BCUT2D eigenvalue weighted by molar-refractivity contribution is -0.116. The molecule has 0 atom stereocenters.